The highest BCUT2D eigenvalue weighted by Gasteiger charge is 2.33. The highest BCUT2D eigenvalue weighted by molar-refractivity contribution is 5.81. The first-order valence-corrected chi connectivity index (χ1v) is 3.34. The Morgan fingerprint density at radius 2 is 2.33 bits per heavy atom. The van der Waals surface area contributed by atoms with E-state index in [0.29, 0.717) is 0 Å². The van der Waals surface area contributed by atoms with Gasteiger partial charge in [0, 0.05) is 6.42 Å². The summed E-state index contributed by atoms with van der Waals surface area (Å²) < 4.78 is 16.3. The van der Waals surface area contributed by atoms with Crippen LogP contribution in [0.1, 0.15) is 13.3 Å². The topological polar surface area (TPSA) is 55.7 Å². The van der Waals surface area contributed by atoms with Crippen LogP contribution < -0.4 is 0 Å². The minimum Gasteiger partial charge on any atom is -0.467 e. The van der Waals surface area contributed by atoms with Gasteiger partial charge in [-0.25, -0.2) is 9.59 Å². The number of hydrogen-bond acceptors (Lipinski definition) is 4. The highest BCUT2D eigenvalue weighted by Crippen LogP contribution is 2.16. The van der Waals surface area contributed by atoms with Crippen LogP contribution in [0.25, 0.3) is 0 Å². The van der Waals surface area contributed by atoms with Crippen LogP contribution in [0.15, 0.2) is 4.99 Å². The van der Waals surface area contributed by atoms with E-state index in [4.69, 9.17) is 0 Å². The Kier molecular flexibility index (Phi) is 4.15. The van der Waals surface area contributed by atoms with Crippen LogP contribution in [0.3, 0.4) is 0 Å². The van der Waals surface area contributed by atoms with Gasteiger partial charge in [-0.05, 0) is 6.92 Å². The standard InChI is InChI=1S/C7H10FNO3/c1-7(3-4-8,9-5-10)6(11)12-2/h3-4H2,1-2H3. The van der Waals surface area contributed by atoms with Gasteiger partial charge in [0.05, 0.1) is 13.8 Å². The zero-order valence-electron chi connectivity index (χ0n) is 6.96. The number of ether oxygens (including phenoxy) is 1. The molecule has 0 heterocycles. The number of carbonyl (C=O) groups excluding carboxylic acids is 2. The first-order valence-electron chi connectivity index (χ1n) is 3.34. The summed E-state index contributed by atoms with van der Waals surface area (Å²) in [5.74, 6) is -0.733. The van der Waals surface area contributed by atoms with Crippen molar-refractivity contribution >= 4 is 12.0 Å². The molecule has 0 bridgehead atoms. The largest absolute Gasteiger partial charge is 0.467 e. The second-order valence-electron chi connectivity index (χ2n) is 2.41. The van der Waals surface area contributed by atoms with Gasteiger partial charge >= 0.3 is 5.97 Å². The molecule has 0 saturated heterocycles. The number of aliphatic imine (C=N–C) groups is 1. The van der Waals surface area contributed by atoms with Crippen molar-refractivity contribution in [2.75, 3.05) is 13.8 Å². The average molecular weight is 175 g/mol. The lowest BCUT2D eigenvalue weighted by molar-refractivity contribution is -0.146. The van der Waals surface area contributed by atoms with Crippen molar-refractivity contribution in [3.05, 3.63) is 0 Å². The van der Waals surface area contributed by atoms with Crippen molar-refractivity contribution < 1.29 is 18.7 Å². The number of isocyanates is 1. The van der Waals surface area contributed by atoms with Crippen LogP contribution in [0, 0.1) is 0 Å². The van der Waals surface area contributed by atoms with E-state index in [1.54, 1.807) is 0 Å². The maximum absolute atomic E-state index is 11.9. The molecule has 0 aromatic heterocycles. The normalized spacial score (nSPS) is 14.2. The number of methoxy groups -OCH3 is 1. The molecular weight excluding hydrogens is 165 g/mol. The zero-order chi connectivity index (χ0) is 9.61. The van der Waals surface area contributed by atoms with Gasteiger partial charge in [-0.15, -0.1) is 0 Å². The summed E-state index contributed by atoms with van der Waals surface area (Å²) in [6.45, 7) is 0.583. The van der Waals surface area contributed by atoms with Crippen molar-refractivity contribution in [1.82, 2.24) is 0 Å². The monoisotopic (exact) mass is 175 g/mol. The van der Waals surface area contributed by atoms with Gasteiger partial charge in [-0.3, -0.25) is 4.39 Å². The molecule has 0 aliphatic carbocycles. The van der Waals surface area contributed by atoms with E-state index in [1.165, 1.54) is 13.0 Å². The summed E-state index contributed by atoms with van der Waals surface area (Å²) >= 11 is 0. The molecule has 0 radical (unpaired) electrons. The molecule has 1 atom stereocenters. The predicted molar refractivity (Wildman–Crippen MR) is 39.1 cm³/mol. The Bertz CT molecular complexity index is 213. The van der Waals surface area contributed by atoms with Crippen LogP contribution in [0.4, 0.5) is 4.39 Å². The third-order valence-electron chi connectivity index (χ3n) is 1.50. The third-order valence-corrected chi connectivity index (χ3v) is 1.50. The first-order chi connectivity index (χ1) is 5.60. The SMILES string of the molecule is COC(=O)C(C)(CCF)N=C=O. The molecule has 0 amide bonds. The van der Waals surface area contributed by atoms with Crippen molar-refractivity contribution in [1.29, 1.82) is 0 Å². The Balaban J connectivity index is 4.59. The van der Waals surface area contributed by atoms with Crippen LogP contribution in [0.5, 0.6) is 0 Å². The molecule has 0 aromatic carbocycles. The Morgan fingerprint density at radius 1 is 1.75 bits per heavy atom. The summed E-state index contributed by atoms with van der Waals surface area (Å²) in [7, 11) is 1.15. The average Bonchev–Trinajstić information content (AvgIpc) is 2.04. The zero-order valence-corrected chi connectivity index (χ0v) is 6.96. The molecule has 0 N–H and O–H groups in total. The van der Waals surface area contributed by atoms with E-state index in [9.17, 15) is 14.0 Å². The predicted octanol–water partition coefficient (Wildman–Crippen LogP) is 0.613. The number of carbonyl (C=O) groups is 1. The lowest BCUT2D eigenvalue weighted by Crippen LogP contribution is -2.34. The quantitative estimate of drug-likeness (QED) is 0.357. The van der Waals surface area contributed by atoms with E-state index >= 15 is 0 Å². The van der Waals surface area contributed by atoms with Gasteiger partial charge in [0.1, 0.15) is 0 Å². The van der Waals surface area contributed by atoms with E-state index < -0.39 is 18.2 Å². The van der Waals surface area contributed by atoms with E-state index in [1.807, 2.05) is 0 Å². The fourth-order valence-corrected chi connectivity index (χ4v) is 0.708. The van der Waals surface area contributed by atoms with Crippen molar-refractivity contribution in [2.45, 2.75) is 18.9 Å². The number of halogens is 1. The minimum absolute atomic E-state index is 0.172. The molecule has 0 rings (SSSR count). The minimum atomic E-state index is -1.43. The summed E-state index contributed by atoms with van der Waals surface area (Å²) in [4.78, 5) is 24.0. The van der Waals surface area contributed by atoms with Gasteiger partial charge in [0.15, 0.2) is 5.54 Å². The smallest absolute Gasteiger partial charge is 0.334 e. The van der Waals surface area contributed by atoms with Crippen LogP contribution in [-0.2, 0) is 14.3 Å². The Morgan fingerprint density at radius 3 is 2.67 bits per heavy atom. The number of rotatable bonds is 4. The van der Waals surface area contributed by atoms with E-state index in [0.717, 1.165) is 7.11 Å². The third kappa shape index (κ3) is 2.43. The Hall–Kier alpha value is -1.22. The van der Waals surface area contributed by atoms with Gasteiger partial charge < -0.3 is 4.74 Å². The molecule has 0 saturated carbocycles. The number of alkyl halides is 1. The Labute approximate surface area is 69.4 Å². The fourth-order valence-electron chi connectivity index (χ4n) is 0.708. The van der Waals surface area contributed by atoms with Crippen molar-refractivity contribution in [3.63, 3.8) is 0 Å². The molecular formula is C7H10FNO3. The van der Waals surface area contributed by atoms with E-state index in [2.05, 4.69) is 9.73 Å². The summed E-state index contributed by atoms with van der Waals surface area (Å²) in [5.41, 5.74) is -1.43. The second-order valence-corrected chi connectivity index (χ2v) is 2.41. The van der Waals surface area contributed by atoms with Crippen molar-refractivity contribution in [3.8, 4) is 0 Å². The highest BCUT2D eigenvalue weighted by atomic mass is 19.1. The molecule has 0 spiro atoms. The maximum Gasteiger partial charge on any atom is 0.334 e. The van der Waals surface area contributed by atoms with E-state index in [-0.39, 0.29) is 6.42 Å². The number of nitrogens with zero attached hydrogens (tertiary/aromatic N) is 1. The summed E-state index contributed by atoms with van der Waals surface area (Å²) in [5, 5.41) is 0. The molecule has 0 aromatic rings. The molecule has 4 nitrogen and oxygen atoms in total. The molecule has 0 aliphatic heterocycles. The van der Waals surface area contributed by atoms with Gasteiger partial charge in [-0.2, -0.15) is 4.99 Å². The summed E-state index contributed by atoms with van der Waals surface area (Å²) in [6, 6.07) is 0. The molecule has 5 heteroatoms. The van der Waals surface area contributed by atoms with Gasteiger partial charge in [0.2, 0.25) is 6.08 Å². The maximum atomic E-state index is 11.9. The van der Waals surface area contributed by atoms with Crippen LogP contribution >= 0.6 is 0 Å². The fraction of sp³-hybridized carbons (Fsp3) is 0.714. The molecule has 0 aliphatic rings. The summed E-state index contributed by atoms with van der Waals surface area (Å²) in [6.07, 6.45) is 1.04. The second kappa shape index (κ2) is 4.62. The van der Waals surface area contributed by atoms with Crippen LogP contribution in [-0.4, -0.2) is 31.4 Å². The molecule has 1 unspecified atom stereocenters. The lowest BCUT2D eigenvalue weighted by atomic mass is 10.0. The lowest BCUT2D eigenvalue weighted by Gasteiger charge is -2.17. The van der Waals surface area contributed by atoms with Gasteiger partial charge in [0.25, 0.3) is 0 Å². The molecule has 12 heavy (non-hydrogen) atoms. The molecule has 0 fully saturated rings. The van der Waals surface area contributed by atoms with Crippen LogP contribution in [0.2, 0.25) is 0 Å². The number of hydrogen-bond donors (Lipinski definition) is 0. The van der Waals surface area contributed by atoms with Crippen molar-refractivity contribution in [2.24, 2.45) is 4.99 Å². The van der Waals surface area contributed by atoms with Gasteiger partial charge in [-0.1, -0.05) is 0 Å². The molecule has 68 valence electrons. The number of esters is 1. The first kappa shape index (κ1) is 10.8.